The molecule has 1 aromatic rings. The number of rotatable bonds is 7. The third kappa shape index (κ3) is 3.51. The van der Waals surface area contributed by atoms with Gasteiger partial charge in [-0.2, -0.15) is 0 Å². The average Bonchev–Trinajstić information content (AvgIpc) is 3.19. The molecule has 1 fully saturated rings. The van der Waals surface area contributed by atoms with Gasteiger partial charge in [-0.3, -0.25) is 10.1 Å². The van der Waals surface area contributed by atoms with Crippen LogP contribution in [-0.2, 0) is 4.79 Å². The summed E-state index contributed by atoms with van der Waals surface area (Å²) in [5.41, 5.74) is 1.37. The molecule has 1 saturated carbocycles. The summed E-state index contributed by atoms with van der Waals surface area (Å²) in [6.07, 6.45) is 2.17. The van der Waals surface area contributed by atoms with Gasteiger partial charge in [0.15, 0.2) is 0 Å². The second-order valence-corrected chi connectivity index (χ2v) is 5.91. The summed E-state index contributed by atoms with van der Waals surface area (Å²) in [5, 5.41) is 12.8. The summed E-state index contributed by atoms with van der Waals surface area (Å²) in [6, 6.07) is 8.57. The molecule has 0 heterocycles. The van der Waals surface area contributed by atoms with Crippen LogP contribution in [0.2, 0.25) is 0 Å². The highest BCUT2D eigenvalue weighted by molar-refractivity contribution is 5.79. The number of hydrogen-bond acceptors (Lipinski definition) is 3. The SMILES string of the molecule is CCN(CC(C)(NC1CC1)C(=O)O)c1cccc(C)c1. The molecule has 0 radical (unpaired) electrons. The van der Waals surface area contributed by atoms with Crippen LogP contribution in [0.15, 0.2) is 24.3 Å². The van der Waals surface area contributed by atoms with Gasteiger partial charge in [-0.15, -0.1) is 0 Å². The molecule has 0 amide bonds. The smallest absolute Gasteiger partial charge is 0.325 e. The number of anilines is 1. The van der Waals surface area contributed by atoms with Crippen LogP contribution in [0.1, 0.15) is 32.3 Å². The predicted octanol–water partition coefficient (Wildman–Crippen LogP) is 2.42. The number of carboxylic acid groups (broad SMARTS) is 1. The van der Waals surface area contributed by atoms with Crippen molar-refractivity contribution in [2.45, 2.75) is 45.2 Å². The van der Waals surface area contributed by atoms with E-state index in [1.54, 1.807) is 6.92 Å². The molecule has 4 nitrogen and oxygen atoms in total. The van der Waals surface area contributed by atoms with Gasteiger partial charge in [0.2, 0.25) is 0 Å². The van der Waals surface area contributed by atoms with Crippen molar-refractivity contribution in [2.24, 2.45) is 0 Å². The molecule has 0 saturated heterocycles. The lowest BCUT2D eigenvalue weighted by Gasteiger charge is -2.34. The van der Waals surface area contributed by atoms with Crippen LogP contribution >= 0.6 is 0 Å². The van der Waals surface area contributed by atoms with Crippen LogP contribution in [0.5, 0.6) is 0 Å². The first kappa shape index (κ1) is 14.9. The first-order valence-electron chi connectivity index (χ1n) is 7.27. The number of carboxylic acids is 1. The van der Waals surface area contributed by atoms with Crippen LogP contribution < -0.4 is 10.2 Å². The molecular weight excluding hydrogens is 252 g/mol. The Morgan fingerprint density at radius 1 is 1.50 bits per heavy atom. The quantitative estimate of drug-likeness (QED) is 0.803. The van der Waals surface area contributed by atoms with E-state index in [1.807, 2.05) is 12.1 Å². The van der Waals surface area contributed by atoms with Gasteiger partial charge in [0.05, 0.1) is 0 Å². The van der Waals surface area contributed by atoms with Crippen molar-refractivity contribution in [1.29, 1.82) is 0 Å². The van der Waals surface area contributed by atoms with Crippen molar-refractivity contribution >= 4 is 11.7 Å². The molecule has 0 bridgehead atoms. The third-order valence-electron chi connectivity index (χ3n) is 3.83. The maximum Gasteiger partial charge on any atom is 0.325 e. The first-order chi connectivity index (χ1) is 9.44. The lowest BCUT2D eigenvalue weighted by Crippen LogP contribution is -2.57. The highest BCUT2D eigenvalue weighted by Gasteiger charge is 2.39. The van der Waals surface area contributed by atoms with E-state index >= 15 is 0 Å². The van der Waals surface area contributed by atoms with Crippen molar-refractivity contribution in [3.63, 3.8) is 0 Å². The summed E-state index contributed by atoms with van der Waals surface area (Å²) < 4.78 is 0. The van der Waals surface area contributed by atoms with Gasteiger partial charge in [-0.25, -0.2) is 0 Å². The fraction of sp³-hybridized carbons (Fsp3) is 0.562. The molecule has 1 unspecified atom stereocenters. The Morgan fingerprint density at radius 3 is 2.70 bits per heavy atom. The van der Waals surface area contributed by atoms with E-state index in [0.29, 0.717) is 12.6 Å². The average molecular weight is 276 g/mol. The first-order valence-corrected chi connectivity index (χ1v) is 7.27. The van der Waals surface area contributed by atoms with E-state index in [9.17, 15) is 9.90 Å². The number of likely N-dealkylation sites (N-methyl/N-ethyl adjacent to an activating group) is 1. The third-order valence-corrected chi connectivity index (χ3v) is 3.83. The molecule has 1 aliphatic carbocycles. The number of aliphatic carboxylic acids is 1. The summed E-state index contributed by atoms with van der Waals surface area (Å²) >= 11 is 0. The Kier molecular flexibility index (Phi) is 4.33. The molecule has 4 heteroatoms. The van der Waals surface area contributed by atoms with Crippen molar-refractivity contribution in [2.75, 3.05) is 18.0 Å². The van der Waals surface area contributed by atoms with E-state index in [-0.39, 0.29) is 0 Å². The molecule has 1 aliphatic rings. The minimum Gasteiger partial charge on any atom is -0.480 e. The molecule has 2 N–H and O–H groups in total. The number of carbonyl (C=O) groups is 1. The molecule has 0 aromatic heterocycles. The molecule has 0 aliphatic heterocycles. The second kappa shape index (κ2) is 5.83. The Balaban J connectivity index is 2.16. The van der Waals surface area contributed by atoms with Crippen LogP contribution in [0, 0.1) is 6.92 Å². The number of benzene rings is 1. The normalized spacial score (nSPS) is 17.6. The highest BCUT2D eigenvalue weighted by atomic mass is 16.4. The second-order valence-electron chi connectivity index (χ2n) is 5.91. The minimum absolute atomic E-state index is 0.368. The number of hydrogen-bond donors (Lipinski definition) is 2. The summed E-state index contributed by atoms with van der Waals surface area (Å²) in [6.45, 7) is 7.15. The van der Waals surface area contributed by atoms with E-state index in [0.717, 1.165) is 25.1 Å². The van der Waals surface area contributed by atoms with Gasteiger partial charge >= 0.3 is 5.97 Å². The Hall–Kier alpha value is -1.55. The molecule has 1 atom stereocenters. The molecule has 110 valence electrons. The fourth-order valence-electron chi connectivity index (χ4n) is 2.45. The van der Waals surface area contributed by atoms with Gasteiger partial charge < -0.3 is 10.0 Å². The van der Waals surface area contributed by atoms with Gasteiger partial charge in [0, 0.05) is 24.8 Å². The highest BCUT2D eigenvalue weighted by Crippen LogP contribution is 2.25. The van der Waals surface area contributed by atoms with Crippen LogP contribution in [-0.4, -0.2) is 35.7 Å². The number of nitrogens with zero attached hydrogens (tertiary/aromatic N) is 1. The maximum atomic E-state index is 11.6. The molecule has 20 heavy (non-hydrogen) atoms. The fourth-order valence-corrected chi connectivity index (χ4v) is 2.45. The largest absolute Gasteiger partial charge is 0.480 e. The van der Waals surface area contributed by atoms with E-state index in [4.69, 9.17) is 0 Å². The van der Waals surface area contributed by atoms with Crippen molar-refractivity contribution in [3.05, 3.63) is 29.8 Å². The molecule has 2 rings (SSSR count). The number of aryl methyl sites for hydroxylation is 1. The molecule has 1 aromatic carbocycles. The zero-order chi connectivity index (χ0) is 14.8. The summed E-state index contributed by atoms with van der Waals surface area (Å²) in [7, 11) is 0. The Morgan fingerprint density at radius 2 is 2.20 bits per heavy atom. The maximum absolute atomic E-state index is 11.6. The van der Waals surface area contributed by atoms with E-state index < -0.39 is 11.5 Å². The summed E-state index contributed by atoms with van der Waals surface area (Å²) in [4.78, 5) is 13.8. The molecule has 0 spiro atoms. The van der Waals surface area contributed by atoms with Crippen LogP contribution in [0.3, 0.4) is 0 Å². The lowest BCUT2D eigenvalue weighted by atomic mass is 10.0. The Labute approximate surface area is 120 Å². The van der Waals surface area contributed by atoms with E-state index in [1.165, 1.54) is 5.56 Å². The van der Waals surface area contributed by atoms with Crippen LogP contribution in [0.25, 0.3) is 0 Å². The van der Waals surface area contributed by atoms with Gasteiger partial charge in [0.25, 0.3) is 0 Å². The van der Waals surface area contributed by atoms with Crippen molar-refractivity contribution in [3.8, 4) is 0 Å². The lowest BCUT2D eigenvalue weighted by molar-refractivity contribution is -0.143. The zero-order valence-corrected chi connectivity index (χ0v) is 12.5. The molecular formula is C16H24N2O2. The van der Waals surface area contributed by atoms with Gasteiger partial charge in [-0.1, -0.05) is 12.1 Å². The zero-order valence-electron chi connectivity index (χ0n) is 12.5. The minimum atomic E-state index is -0.902. The standard InChI is InChI=1S/C16H24N2O2/c1-4-18(14-7-5-6-12(2)10-14)11-16(3,15(19)20)17-13-8-9-13/h5-7,10,13,17H,4,8-9,11H2,1-3H3,(H,19,20). The predicted molar refractivity (Wildman–Crippen MR) is 81.3 cm³/mol. The van der Waals surface area contributed by atoms with E-state index in [2.05, 4.69) is 36.2 Å². The van der Waals surface area contributed by atoms with Crippen molar-refractivity contribution in [1.82, 2.24) is 5.32 Å². The topological polar surface area (TPSA) is 52.6 Å². The Bertz CT molecular complexity index is 485. The summed E-state index contributed by atoms with van der Waals surface area (Å²) in [5.74, 6) is -0.782. The van der Waals surface area contributed by atoms with Crippen LogP contribution in [0.4, 0.5) is 5.69 Å². The monoisotopic (exact) mass is 276 g/mol. The van der Waals surface area contributed by atoms with Gasteiger partial charge in [-0.05, 0) is 51.3 Å². The van der Waals surface area contributed by atoms with Gasteiger partial charge in [0.1, 0.15) is 5.54 Å². The number of nitrogens with one attached hydrogen (secondary N) is 1. The van der Waals surface area contributed by atoms with Crippen molar-refractivity contribution < 1.29 is 9.90 Å².